The van der Waals surface area contributed by atoms with Crippen molar-refractivity contribution in [3.8, 4) is 0 Å². The van der Waals surface area contributed by atoms with Crippen molar-refractivity contribution in [2.45, 2.75) is 36.9 Å². The average molecular weight is 325 g/mol. The van der Waals surface area contributed by atoms with Crippen LogP contribution < -0.4 is 0 Å². The SMILES string of the molecule is c1ccc(CCSc2nnc(C3CC3)n2Cc2ccco2)cc1. The van der Waals surface area contributed by atoms with Crippen molar-refractivity contribution in [3.05, 3.63) is 65.9 Å². The van der Waals surface area contributed by atoms with Gasteiger partial charge in [-0.1, -0.05) is 42.1 Å². The third-order valence-electron chi connectivity index (χ3n) is 4.05. The second kappa shape index (κ2) is 6.62. The summed E-state index contributed by atoms with van der Waals surface area (Å²) in [5.41, 5.74) is 1.36. The Balaban J connectivity index is 1.47. The standard InChI is InChI=1S/C18H19N3OS/c1-2-5-14(6-3-1)10-12-23-18-20-19-17(15-8-9-15)21(18)13-16-7-4-11-22-16/h1-7,11,15H,8-10,12-13H2. The molecule has 0 bridgehead atoms. The molecule has 0 atom stereocenters. The fourth-order valence-electron chi connectivity index (χ4n) is 2.66. The molecule has 4 nitrogen and oxygen atoms in total. The maximum atomic E-state index is 5.51. The van der Waals surface area contributed by atoms with E-state index < -0.39 is 0 Å². The van der Waals surface area contributed by atoms with Crippen LogP contribution in [0.5, 0.6) is 0 Å². The van der Waals surface area contributed by atoms with Crippen molar-refractivity contribution in [1.29, 1.82) is 0 Å². The zero-order chi connectivity index (χ0) is 15.5. The number of rotatable bonds is 7. The molecule has 0 aliphatic heterocycles. The summed E-state index contributed by atoms with van der Waals surface area (Å²) >= 11 is 1.78. The van der Waals surface area contributed by atoms with Crippen molar-refractivity contribution < 1.29 is 4.42 Å². The highest BCUT2D eigenvalue weighted by molar-refractivity contribution is 7.99. The van der Waals surface area contributed by atoms with Crippen LogP contribution in [0.15, 0.2) is 58.3 Å². The van der Waals surface area contributed by atoms with E-state index in [1.54, 1.807) is 18.0 Å². The van der Waals surface area contributed by atoms with Gasteiger partial charge >= 0.3 is 0 Å². The molecular formula is C18H19N3OS. The van der Waals surface area contributed by atoms with Crippen molar-refractivity contribution in [2.75, 3.05) is 5.75 Å². The van der Waals surface area contributed by atoms with Crippen molar-refractivity contribution >= 4 is 11.8 Å². The lowest BCUT2D eigenvalue weighted by molar-refractivity contribution is 0.478. The van der Waals surface area contributed by atoms with Gasteiger partial charge in [0.25, 0.3) is 0 Å². The summed E-state index contributed by atoms with van der Waals surface area (Å²) in [4.78, 5) is 0. The van der Waals surface area contributed by atoms with Gasteiger partial charge in [-0.15, -0.1) is 10.2 Å². The Bertz CT molecular complexity index is 748. The number of nitrogens with zero attached hydrogens (tertiary/aromatic N) is 3. The Morgan fingerprint density at radius 2 is 1.96 bits per heavy atom. The van der Waals surface area contributed by atoms with Crippen LogP contribution in [-0.4, -0.2) is 20.5 Å². The lowest BCUT2D eigenvalue weighted by Gasteiger charge is -2.08. The molecule has 0 amide bonds. The van der Waals surface area contributed by atoms with Crippen molar-refractivity contribution in [2.24, 2.45) is 0 Å². The Hall–Kier alpha value is -2.01. The molecule has 1 aromatic carbocycles. The first-order valence-corrected chi connectivity index (χ1v) is 9.01. The van der Waals surface area contributed by atoms with E-state index >= 15 is 0 Å². The lowest BCUT2D eigenvalue weighted by atomic mass is 10.2. The van der Waals surface area contributed by atoms with Gasteiger partial charge < -0.3 is 4.42 Å². The summed E-state index contributed by atoms with van der Waals surface area (Å²) < 4.78 is 7.73. The molecule has 1 aliphatic rings. The Labute approximate surface area is 139 Å². The number of aromatic nitrogens is 3. The van der Waals surface area contributed by atoms with E-state index in [0.717, 1.165) is 35.5 Å². The number of hydrogen-bond acceptors (Lipinski definition) is 4. The molecule has 0 N–H and O–H groups in total. The van der Waals surface area contributed by atoms with E-state index in [9.17, 15) is 0 Å². The van der Waals surface area contributed by atoms with Gasteiger partial charge in [-0.25, -0.2) is 0 Å². The number of thioether (sulfide) groups is 1. The number of benzene rings is 1. The van der Waals surface area contributed by atoms with E-state index in [2.05, 4.69) is 45.1 Å². The van der Waals surface area contributed by atoms with Gasteiger partial charge in [0.2, 0.25) is 0 Å². The predicted octanol–water partition coefficient (Wildman–Crippen LogP) is 4.13. The fraction of sp³-hybridized carbons (Fsp3) is 0.333. The van der Waals surface area contributed by atoms with Crippen LogP contribution >= 0.6 is 11.8 Å². The van der Waals surface area contributed by atoms with E-state index in [4.69, 9.17) is 4.42 Å². The first-order chi connectivity index (χ1) is 11.4. The Morgan fingerprint density at radius 3 is 2.70 bits per heavy atom. The molecule has 3 aromatic rings. The minimum absolute atomic E-state index is 0.584. The largest absolute Gasteiger partial charge is 0.467 e. The van der Waals surface area contributed by atoms with Gasteiger partial charge in [-0.3, -0.25) is 4.57 Å². The van der Waals surface area contributed by atoms with Gasteiger partial charge in [0.1, 0.15) is 11.6 Å². The van der Waals surface area contributed by atoms with Crippen LogP contribution in [0.2, 0.25) is 0 Å². The van der Waals surface area contributed by atoms with Crippen LogP contribution in [-0.2, 0) is 13.0 Å². The molecule has 0 unspecified atom stereocenters. The average Bonchev–Trinajstić information content (AvgIpc) is 3.15. The minimum atomic E-state index is 0.584. The van der Waals surface area contributed by atoms with Gasteiger partial charge in [0, 0.05) is 11.7 Å². The Kier molecular flexibility index (Phi) is 4.20. The highest BCUT2D eigenvalue weighted by Crippen LogP contribution is 2.40. The van der Waals surface area contributed by atoms with Gasteiger partial charge in [-0.05, 0) is 37.0 Å². The minimum Gasteiger partial charge on any atom is -0.467 e. The van der Waals surface area contributed by atoms with Crippen LogP contribution in [0.4, 0.5) is 0 Å². The molecule has 1 saturated carbocycles. The molecule has 1 aliphatic carbocycles. The van der Waals surface area contributed by atoms with Crippen LogP contribution in [0.25, 0.3) is 0 Å². The molecule has 0 saturated heterocycles. The molecule has 1 fully saturated rings. The lowest BCUT2D eigenvalue weighted by Crippen LogP contribution is -2.05. The summed E-state index contributed by atoms with van der Waals surface area (Å²) in [7, 11) is 0. The maximum absolute atomic E-state index is 5.51. The monoisotopic (exact) mass is 325 g/mol. The smallest absolute Gasteiger partial charge is 0.191 e. The number of hydrogen-bond donors (Lipinski definition) is 0. The summed E-state index contributed by atoms with van der Waals surface area (Å²) in [6.07, 6.45) is 5.21. The predicted molar refractivity (Wildman–Crippen MR) is 90.7 cm³/mol. The highest BCUT2D eigenvalue weighted by atomic mass is 32.2. The molecule has 0 radical (unpaired) electrons. The second-order valence-corrected chi connectivity index (χ2v) is 6.93. The second-order valence-electron chi connectivity index (χ2n) is 5.86. The highest BCUT2D eigenvalue weighted by Gasteiger charge is 2.30. The number of aryl methyl sites for hydroxylation is 1. The Morgan fingerprint density at radius 1 is 1.09 bits per heavy atom. The summed E-state index contributed by atoms with van der Waals surface area (Å²) in [6.45, 7) is 0.722. The van der Waals surface area contributed by atoms with Gasteiger partial charge in [0.05, 0.1) is 12.8 Å². The third-order valence-corrected chi connectivity index (χ3v) is 5.02. The number of furan rings is 1. The van der Waals surface area contributed by atoms with Crippen molar-refractivity contribution in [1.82, 2.24) is 14.8 Å². The van der Waals surface area contributed by atoms with E-state index in [0.29, 0.717) is 5.92 Å². The quantitative estimate of drug-likeness (QED) is 0.613. The van der Waals surface area contributed by atoms with E-state index in [-0.39, 0.29) is 0 Å². The van der Waals surface area contributed by atoms with Crippen LogP contribution in [0, 0.1) is 0 Å². The molecule has 2 heterocycles. The molecule has 2 aromatic heterocycles. The molecule has 23 heavy (non-hydrogen) atoms. The van der Waals surface area contributed by atoms with Crippen molar-refractivity contribution in [3.63, 3.8) is 0 Å². The summed E-state index contributed by atoms with van der Waals surface area (Å²) in [5.74, 6) is 3.66. The maximum Gasteiger partial charge on any atom is 0.191 e. The van der Waals surface area contributed by atoms with Crippen LogP contribution in [0.1, 0.15) is 35.9 Å². The summed E-state index contributed by atoms with van der Waals surface area (Å²) in [5, 5.41) is 9.86. The zero-order valence-corrected chi connectivity index (χ0v) is 13.7. The summed E-state index contributed by atoms with van der Waals surface area (Å²) in [6, 6.07) is 14.5. The first kappa shape index (κ1) is 14.6. The fourth-order valence-corrected chi connectivity index (χ4v) is 3.59. The van der Waals surface area contributed by atoms with Gasteiger partial charge in [-0.2, -0.15) is 0 Å². The van der Waals surface area contributed by atoms with Gasteiger partial charge in [0.15, 0.2) is 5.16 Å². The molecule has 0 spiro atoms. The molecule has 4 rings (SSSR count). The molecule has 118 valence electrons. The molecule has 5 heteroatoms. The first-order valence-electron chi connectivity index (χ1n) is 8.02. The molecular weight excluding hydrogens is 306 g/mol. The van der Waals surface area contributed by atoms with E-state index in [1.165, 1.54) is 18.4 Å². The normalized spacial score (nSPS) is 14.3. The topological polar surface area (TPSA) is 43.9 Å². The third kappa shape index (κ3) is 3.50. The zero-order valence-electron chi connectivity index (χ0n) is 12.9. The van der Waals surface area contributed by atoms with Crippen LogP contribution in [0.3, 0.4) is 0 Å². The van der Waals surface area contributed by atoms with E-state index in [1.807, 2.05) is 12.1 Å².